The van der Waals surface area contributed by atoms with Crippen molar-refractivity contribution in [2.75, 3.05) is 13.6 Å². The zero-order chi connectivity index (χ0) is 7.94. The van der Waals surface area contributed by atoms with Crippen molar-refractivity contribution in [2.45, 2.75) is 25.6 Å². The molecule has 0 atom stereocenters. The fourth-order valence-corrected chi connectivity index (χ4v) is 0.926. The molecule has 0 spiro atoms. The van der Waals surface area contributed by atoms with Crippen LogP contribution < -0.4 is 0 Å². The minimum Gasteiger partial charge on any atom is -0.329 e. The van der Waals surface area contributed by atoms with E-state index >= 15 is 0 Å². The van der Waals surface area contributed by atoms with Crippen LogP contribution in [-0.4, -0.2) is 19.9 Å². The van der Waals surface area contributed by atoms with Crippen LogP contribution in [0.15, 0.2) is 12.7 Å². The predicted molar refractivity (Wildman–Crippen MR) is 40.8 cm³/mol. The Morgan fingerprint density at radius 1 is 1.36 bits per heavy atom. The molecule has 1 aliphatic rings. The molecule has 0 aromatic rings. The SMILES string of the molecule is C=CCCCC1OCOCO1. The van der Waals surface area contributed by atoms with Crippen LogP contribution in [0.2, 0.25) is 0 Å². The van der Waals surface area contributed by atoms with Gasteiger partial charge < -0.3 is 14.2 Å². The van der Waals surface area contributed by atoms with Gasteiger partial charge >= 0.3 is 0 Å². The molecule has 1 heterocycles. The van der Waals surface area contributed by atoms with Gasteiger partial charge in [0, 0.05) is 0 Å². The van der Waals surface area contributed by atoms with Gasteiger partial charge in [0.2, 0.25) is 0 Å². The summed E-state index contributed by atoms with van der Waals surface area (Å²) >= 11 is 0. The van der Waals surface area contributed by atoms with Crippen LogP contribution >= 0.6 is 0 Å². The highest BCUT2D eigenvalue weighted by atomic mass is 16.8. The van der Waals surface area contributed by atoms with Gasteiger partial charge in [-0.05, 0) is 19.3 Å². The van der Waals surface area contributed by atoms with Gasteiger partial charge in [-0.3, -0.25) is 0 Å². The molecule has 1 fully saturated rings. The van der Waals surface area contributed by atoms with E-state index < -0.39 is 0 Å². The van der Waals surface area contributed by atoms with Crippen molar-refractivity contribution in [2.24, 2.45) is 0 Å². The first kappa shape index (κ1) is 8.71. The van der Waals surface area contributed by atoms with Gasteiger partial charge in [0.15, 0.2) is 19.9 Å². The highest BCUT2D eigenvalue weighted by Crippen LogP contribution is 2.10. The van der Waals surface area contributed by atoms with Crippen molar-refractivity contribution in [1.29, 1.82) is 0 Å². The van der Waals surface area contributed by atoms with E-state index in [2.05, 4.69) is 6.58 Å². The Morgan fingerprint density at radius 3 is 2.73 bits per heavy atom. The second-order valence-electron chi connectivity index (χ2n) is 2.42. The molecule has 0 amide bonds. The maximum absolute atomic E-state index is 5.15. The average Bonchev–Trinajstić information content (AvgIpc) is 2.07. The molecule has 0 bridgehead atoms. The molecule has 1 rings (SSSR count). The molecule has 0 unspecified atom stereocenters. The van der Waals surface area contributed by atoms with E-state index in [1.54, 1.807) is 0 Å². The van der Waals surface area contributed by atoms with E-state index in [1.165, 1.54) is 0 Å². The molecular formula is C8H14O3. The molecule has 11 heavy (non-hydrogen) atoms. The smallest absolute Gasteiger partial charge is 0.163 e. The maximum atomic E-state index is 5.15. The summed E-state index contributed by atoms with van der Waals surface area (Å²) in [5.74, 6) is 0. The van der Waals surface area contributed by atoms with E-state index in [9.17, 15) is 0 Å². The molecule has 0 aromatic heterocycles. The molecule has 3 nitrogen and oxygen atoms in total. The fourth-order valence-electron chi connectivity index (χ4n) is 0.926. The van der Waals surface area contributed by atoms with Gasteiger partial charge in [0.25, 0.3) is 0 Å². The van der Waals surface area contributed by atoms with Gasteiger partial charge in [0.1, 0.15) is 0 Å². The monoisotopic (exact) mass is 158 g/mol. The van der Waals surface area contributed by atoms with Crippen LogP contribution in [-0.2, 0) is 14.2 Å². The molecule has 3 heteroatoms. The number of hydrogen-bond acceptors (Lipinski definition) is 3. The quantitative estimate of drug-likeness (QED) is 0.460. The first-order valence-corrected chi connectivity index (χ1v) is 3.85. The Hall–Kier alpha value is -0.380. The van der Waals surface area contributed by atoms with Crippen molar-refractivity contribution in [3.63, 3.8) is 0 Å². The Morgan fingerprint density at radius 2 is 2.09 bits per heavy atom. The molecule has 0 N–H and O–H groups in total. The topological polar surface area (TPSA) is 27.7 Å². The Labute approximate surface area is 66.9 Å². The summed E-state index contributed by atoms with van der Waals surface area (Å²) in [5, 5.41) is 0. The summed E-state index contributed by atoms with van der Waals surface area (Å²) in [6.45, 7) is 4.36. The van der Waals surface area contributed by atoms with Crippen LogP contribution in [0, 0.1) is 0 Å². The largest absolute Gasteiger partial charge is 0.329 e. The summed E-state index contributed by atoms with van der Waals surface area (Å²) < 4.78 is 15.1. The molecule has 64 valence electrons. The predicted octanol–water partition coefficient (Wildman–Crippen LogP) is 1.65. The molecule has 0 saturated carbocycles. The molecular weight excluding hydrogens is 144 g/mol. The third-order valence-corrected chi connectivity index (χ3v) is 1.52. The van der Waals surface area contributed by atoms with E-state index in [0.717, 1.165) is 19.3 Å². The van der Waals surface area contributed by atoms with Gasteiger partial charge in [-0.1, -0.05) is 6.08 Å². The Balaban J connectivity index is 2.00. The van der Waals surface area contributed by atoms with E-state index in [0.29, 0.717) is 13.6 Å². The summed E-state index contributed by atoms with van der Waals surface area (Å²) in [5.41, 5.74) is 0. The third-order valence-electron chi connectivity index (χ3n) is 1.52. The third kappa shape index (κ3) is 3.51. The van der Waals surface area contributed by atoms with Gasteiger partial charge in [-0.25, -0.2) is 0 Å². The van der Waals surface area contributed by atoms with Gasteiger partial charge in [-0.2, -0.15) is 0 Å². The minimum absolute atomic E-state index is 0.0660. The van der Waals surface area contributed by atoms with E-state index in [1.807, 2.05) is 6.08 Å². The van der Waals surface area contributed by atoms with Gasteiger partial charge in [0.05, 0.1) is 0 Å². The second-order valence-corrected chi connectivity index (χ2v) is 2.42. The van der Waals surface area contributed by atoms with Crippen LogP contribution in [0.1, 0.15) is 19.3 Å². The maximum Gasteiger partial charge on any atom is 0.163 e. The molecule has 1 saturated heterocycles. The van der Waals surface area contributed by atoms with Crippen LogP contribution in [0.25, 0.3) is 0 Å². The summed E-state index contributed by atoms with van der Waals surface area (Å²) in [6.07, 6.45) is 4.84. The lowest BCUT2D eigenvalue weighted by atomic mass is 10.2. The van der Waals surface area contributed by atoms with Crippen molar-refractivity contribution in [1.82, 2.24) is 0 Å². The first-order valence-electron chi connectivity index (χ1n) is 3.85. The first-order chi connectivity index (χ1) is 5.43. The van der Waals surface area contributed by atoms with Crippen molar-refractivity contribution in [3.8, 4) is 0 Å². The number of rotatable bonds is 4. The van der Waals surface area contributed by atoms with Crippen molar-refractivity contribution < 1.29 is 14.2 Å². The normalized spacial score (nSPS) is 20.0. The fraction of sp³-hybridized carbons (Fsp3) is 0.750. The van der Waals surface area contributed by atoms with Crippen LogP contribution in [0.3, 0.4) is 0 Å². The van der Waals surface area contributed by atoms with E-state index in [-0.39, 0.29) is 6.29 Å². The summed E-state index contributed by atoms with van der Waals surface area (Å²) in [7, 11) is 0. The Kier molecular flexibility index (Phi) is 4.19. The standard InChI is InChI=1S/C8H14O3/c1-2-3-4-5-8-10-6-9-7-11-8/h2,8H,1,3-7H2. The van der Waals surface area contributed by atoms with E-state index in [4.69, 9.17) is 14.2 Å². The summed E-state index contributed by atoms with van der Waals surface area (Å²) in [6, 6.07) is 0. The molecule has 0 radical (unpaired) electrons. The lowest BCUT2D eigenvalue weighted by Crippen LogP contribution is -2.26. The highest BCUT2D eigenvalue weighted by molar-refractivity contribution is 4.66. The Bertz CT molecular complexity index is 108. The summed E-state index contributed by atoms with van der Waals surface area (Å²) in [4.78, 5) is 0. The minimum atomic E-state index is -0.0660. The molecule has 1 aliphatic heterocycles. The molecule has 0 aliphatic carbocycles. The van der Waals surface area contributed by atoms with Crippen LogP contribution in [0.4, 0.5) is 0 Å². The number of unbranched alkanes of at least 4 members (excludes halogenated alkanes) is 1. The zero-order valence-electron chi connectivity index (χ0n) is 6.62. The number of allylic oxidation sites excluding steroid dienone is 1. The van der Waals surface area contributed by atoms with Crippen molar-refractivity contribution in [3.05, 3.63) is 12.7 Å². The second kappa shape index (κ2) is 5.29. The lowest BCUT2D eigenvalue weighted by Gasteiger charge is -2.22. The lowest BCUT2D eigenvalue weighted by molar-refractivity contribution is -0.300. The van der Waals surface area contributed by atoms with Crippen LogP contribution in [0.5, 0.6) is 0 Å². The average molecular weight is 158 g/mol. The number of ether oxygens (including phenoxy) is 3. The van der Waals surface area contributed by atoms with Crippen molar-refractivity contribution >= 4 is 0 Å². The molecule has 0 aromatic carbocycles. The highest BCUT2D eigenvalue weighted by Gasteiger charge is 2.12. The zero-order valence-corrected chi connectivity index (χ0v) is 6.62. The van der Waals surface area contributed by atoms with Gasteiger partial charge in [-0.15, -0.1) is 6.58 Å². The number of hydrogen-bond donors (Lipinski definition) is 0.